The van der Waals surface area contributed by atoms with E-state index in [4.69, 9.17) is 6.42 Å². The monoisotopic (exact) mass is 469 g/mol. The largest absolute Gasteiger partial charge is 0.507 e. The van der Waals surface area contributed by atoms with E-state index < -0.39 is 0 Å². The Kier molecular flexibility index (Phi) is 16.3. The van der Waals surface area contributed by atoms with Crippen molar-refractivity contribution in [1.82, 2.24) is 0 Å². The Morgan fingerprint density at radius 2 is 1.45 bits per heavy atom. The van der Waals surface area contributed by atoms with Crippen LogP contribution in [0.15, 0.2) is 25.8 Å². The molecule has 2 fully saturated rings. The van der Waals surface area contributed by atoms with Crippen LogP contribution in [-0.2, 0) is 0 Å². The standard InChI is InChI=1S/C14H15NOS.2C7H14.C2H4/c1-6-15-12-9-11(7-8-14(3,4)5)17-13(12)10(2)16;2*1-7-5-3-2-4-6-7;1-2/h1,9,15-16H,2H2,3-5H3;2*7H,2-6H2,1H3;1-2H2. The first-order chi connectivity index (χ1) is 15.6. The minimum absolute atomic E-state index is 0.00319. The third-order valence-corrected chi connectivity index (χ3v) is 6.65. The fourth-order valence-electron chi connectivity index (χ4n) is 3.70. The zero-order chi connectivity index (χ0) is 25.3. The molecule has 184 valence electrons. The van der Waals surface area contributed by atoms with Crippen molar-refractivity contribution in [1.29, 1.82) is 0 Å². The van der Waals surface area contributed by atoms with Crippen LogP contribution in [0.25, 0.3) is 5.76 Å². The summed E-state index contributed by atoms with van der Waals surface area (Å²) in [5.74, 6) is 8.26. The topological polar surface area (TPSA) is 32.3 Å². The molecule has 1 heterocycles. The zero-order valence-corrected chi connectivity index (χ0v) is 22.7. The first-order valence-corrected chi connectivity index (χ1v) is 13.2. The SMILES string of the molecule is C#CNc1cc(C#CC(C)(C)C)sc1C(=C)O.C=C.CC1CCCCC1.CC1CCCCC1. The molecule has 3 heteroatoms. The molecule has 0 bridgehead atoms. The summed E-state index contributed by atoms with van der Waals surface area (Å²) in [6.07, 6.45) is 20.1. The number of aliphatic hydroxyl groups excluding tert-OH is 1. The average molecular weight is 470 g/mol. The lowest BCUT2D eigenvalue weighted by Gasteiger charge is -2.15. The molecule has 1 aromatic heterocycles. The van der Waals surface area contributed by atoms with Gasteiger partial charge in [-0.3, -0.25) is 0 Å². The Labute approximate surface area is 209 Å². The van der Waals surface area contributed by atoms with Crippen LogP contribution in [0.5, 0.6) is 0 Å². The molecular weight excluding hydrogens is 422 g/mol. The molecule has 3 rings (SSSR count). The van der Waals surface area contributed by atoms with E-state index in [2.05, 4.69) is 56.8 Å². The number of rotatable bonds is 2. The van der Waals surface area contributed by atoms with Gasteiger partial charge in [-0.05, 0) is 38.7 Å². The summed E-state index contributed by atoms with van der Waals surface area (Å²) in [7, 11) is 0. The Bertz CT molecular complexity index is 753. The molecule has 2 aliphatic carbocycles. The second-order valence-corrected chi connectivity index (χ2v) is 11.1. The highest BCUT2D eigenvalue weighted by Crippen LogP contribution is 2.31. The average Bonchev–Trinajstić information content (AvgIpc) is 3.19. The van der Waals surface area contributed by atoms with Crippen LogP contribution < -0.4 is 5.32 Å². The summed E-state index contributed by atoms with van der Waals surface area (Å²) in [6, 6.07) is 4.14. The Hall–Kier alpha value is -2.10. The normalized spacial score (nSPS) is 16.0. The second kappa shape index (κ2) is 17.4. The van der Waals surface area contributed by atoms with E-state index in [0.717, 1.165) is 16.7 Å². The molecule has 2 nitrogen and oxygen atoms in total. The highest BCUT2D eigenvalue weighted by atomic mass is 32.1. The summed E-state index contributed by atoms with van der Waals surface area (Å²) in [5.41, 5.74) is 0.614. The van der Waals surface area contributed by atoms with Crippen LogP contribution in [0.3, 0.4) is 0 Å². The predicted molar refractivity (Wildman–Crippen MR) is 151 cm³/mol. The van der Waals surface area contributed by atoms with Crippen LogP contribution >= 0.6 is 11.3 Å². The van der Waals surface area contributed by atoms with Crippen molar-refractivity contribution in [3.63, 3.8) is 0 Å². The molecule has 0 saturated heterocycles. The maximum atomic E-state index is 9.43. The van der Waals surface area contributed by atoms with Gasteiger partial charge in [0.1, 0.15) is 5.76 Å². The van der Waals surface area contributed by atoms with Gasteiger partial charge in [0.05, 0.1) is 15.4 Å². The number of hydrogen-bond donors (Lipinski definition) is 2. The van der Waals surface area contributed by atoms with Gasteiger partial charge in [0.2, 0.25) is 0 Å². The zero-order valence-electron chi connectivity index (χ0n) is 21.9. The van der Waals surface area contributed by atoms with Gasteiger partial charge >= 0.3 is 0 Å². The molecule has 0 spiro atoms. The van der Waals surface area contributed by atoms with Gasteiger partial charge < -0.3 is 10.4 Å². The molecule has 0 aromatic carbocycles. The number of anilines is 1. The summed E-state index contributed by atoms with van der Waals surface area (Å²) in [6.45, 7) is 20.3. The van der Waals surface area contributed by atoms with E-state index in [1.807, 2.05) is 26.8 Å². The van der Waals surface area contributed by atoms with E-state index in [1.54, 1.807) is 0 Å². The Balaban J connectivity index is 0.000000523. The first-order valence-electron chi connectivity index (χ1n) is 12.4. The smallest absolute Gasteiger partial charge is 0.127 e. The van der Waals surface area contributed by atoms with Crippen molar-refractivity contribution in [2.45, 2.75) is 98.8 Å². The van der Waals surface area contributed by atoms with E-state index in [9.17, 15) is 5.11 Å². The number of nitrogens with one attached hydrogen (secondary N) is 1. The third kappa shape index (κ3) is 15.4. The van der Waals surface area contributed by atoms with Crippen molar-refractivity contribution >= 4 is 22.8 Å². The van der Waals surface area contributed by atoms with Gasteiger partial charge in [-0.15, -0.1) is 24.5 Å². The number of thiophene rings is 1. The lowest BCUT2D eigenvalue weighted by Crippen LogP contribution is -1.99. The Morgan fingerprint density at radius 1 is 1.00 bits per heavy atom. The number of hydrogen-bond acceptors (Lipinski definition) is 3. The number of aliphatic hydroxyl groups is 1. The van der Waals surface area contributed by atoms with E-state index in [-0.39, 0.29) is 11.2 Å². The molecule has 0 amide bonds. The summed E-state index contributed by atoms with van der Waals surface area (Å²) in [4.78, 5) is 1.48. The van der Waals surface area contributed by atoms with Gasteiger partial charge in [-0.2, -0.15) is 0 Å². The van der Waals surface area contributed by atoms with Gasteiger partial charge in [-0.1, -0.05) is 103 Å². The lowest BCUT2D eigenvalue weighted by atomic mass is 9.91. The van der Waals surface area contributed by atoms with Crippen molar-refractivity contribution in [2.24, 2.45) is 17.3 Å². The predicted octanol–water partition coefficient (Wildman–Crippen LogP) is 9.65. The molecular formula is C30H47NOS. The summed E-state index contributed by atoms with van der Waals surface area (Å²) >= 11 is 1.37. The quantitative estimate of drug-likeness (QED) is 0.195. The second-order valence-electron chi connectivity index (χ2n) is 10.1. The van der Waals surface area contributed by atoms with E-state index >= 15 is 0 Å². The molecule has 2 N–H and O–H groups in total. The van der Waals surface area contributed by atoms with Crippen LogP contribution in [0.1, 0.15) is 109 Å². The van der Waals surface area contributed by atoms with Gasteiger partial charge in [-0.25, -0.2) is 0 Å². The fourth-order valence-corrected chi connectivity index (χ4v) is 4.54. The van der Waals surface area contributed by atoms with Gasteiger partial charge in [0.15, 0.2) is 0 Å². The summed E-state index contributed by atoms with van der Waals surface area (Å²) < 4.78 is 0. The molecule has 0 aliphatic heterocycles. The van der Waals surface area contributed by atoms with Crippen LogP contribution in [-0.4, -0.2) is 5.11 Å². The minimum Gasteiger partial charge on any atom is -0.507 e. The van der Waals surface area contributed by atoms with E-state index in [0.29, 0.717) is 10.6 Å². The minimum atomic E-state index is -0.0555. The van der Waals surface area contributed by atoms with E-state index in [1.165, 1.54) is 75.5 Å². The van der Waals surface area contributed by atoms with Crippen LogP contribution in [0, 0.1) is 41.6 Å². The maximum Gasteiger partial charge on any atom is 0.127 e. The lowest BCUT2D eigenvalue weighted by molar-refractivity contribution is 0.385. The highest BCUT2D eigenvalue weighted by Gasteiger charge is 2.11. The van der Waals surface area contributed by atoms with Crippen molar-refractivity contribution in [3.05, 3.63) is 35.6 Å². The molecule has 33 heavy (non-hydrogen) atoms. The summed E-state index contributed by atoms with van der Waals surface area (Å²) in [5, 5.41) is 12.2. The molecule has 2 saturated carbocycles. The molecule has 0 atom stereocenters. The highest BCUT2D eigenvalue weighted by molar-refractivity contribution is 7.14. The maximum absolute atomic E-state index is 9.43. The fraction of sp³-hybridized carbons (Fsp3) is 0.600. The third-order valence-electron chi connectivity index (χ3n) is 5.55. The molecule has 0 unspecified atom stereocenters. The molecule has 0 radical (unpaired) electrons. The molecule has 2 aliphatic rings. The van der Waals surface area contributed by atoms with Crippen LogP contribution in [0.2, 0.25) is 0 Å². The van der Waals surface area contributed by atoms with Gasteiger partial charge in [0.25, 0.3) is 0 Å². The number of terminal acetylenes is 1. The van der Waals surface area contributed by atoms with Crippen molar-refractivity contribution in [3.8, 4) is 24.3 Å². The first kappa shape index (κ1) is 30.9. The van der Waals surface area contributed by atoms with Crippen molar-refractivity contribution in [2.75, 3.05) is 5.32 Å². The Morgan fingerprint density at radius 3 is 1.76 bits per heavy atom. The van der Waals surface area contributed by atoms with Crippen molar-refractivity contribution < 1.29 is 5.11 Å². The van der Waals surface area contributed by atoms with Crippen LogP contribution in [0.4, 0.5) is 5.69 Å². The van der Waals surface area contributed by atoms with Gasteiger partial charge in [0, 0.05) is 11.5 Å². The molecule has 1 aromatic rings.